The monoisotopic (exact) mass is 214 g/mol. The van der Waals surface area contributed by atoms with Gasteiger partial charge in [-0.2, -0.15) is 0 Å². The molecule has 0 spiro atoms. The highest BCUT2D eigenvalue weighted by Gasteiger charge is 2.20. The summed E-state index contributed by atoms with van der Waals surface area (Å²) in [6.07, 6.45) is 3.51. The lowest BCUT2D eigenvalue weighted by Crippen LogP contribution is -1.93. The van der Waals surface area contributed by atoms with Crippen molar-refractivity contribution in [2.75, 3.05) is 7.11 Å². The fourth-order valence-corrected chi connectivity index (χ4v) is 1.81. The standard InChI is InChI=1S/C14H14O2/c1-10-6-7-12(14(10)15)8-11-4-3-5-13(9-11)16-2/h3-5,8-9H,1,6-7H2,2H3/b12-8+. The molecule has 2 nitrogen and oxygen atoms in total. The third-order valence-electron chi connectivity index (χ3n) is 2.74. The van der Waals surface area contributed by atoms with Gasteiger partial charge >= 0.3 is 0 Å². The van der Waals surface area contributed by atoms with Crippen molar-refractivity contribution in [2.45, 2.75) is 12.8 Å². The zero-order valence-electron chi connectivity index (χ0n) is 9.32. The molecule has 16 heavy (non-hydrogen) atoms. The van der Waals surface area contributed by atoms with Crippen LogP contribution < -0.4 is 4.74 Å². The second-order valence-corrected chi connectivity index (χ2v) is 3.88. The van der Waals surface area contributed by atoms with Gasteiger partial charge in [-0.15, -0.1) is 0 Å². The Morgan fingerprint density at radius 1 is 1.38 bits per heavy atom. The Balaban J connectivity index is 2.29. The molecule has 0 unspecified atom stereocenters. The predicted molar refractivity (Wildman–Crippen MR) is 64.4 cm³/mol. The van der Waals surface area contributed by atoms with Crippen molar-refractivity contribution >= 4 is 11.9 Å². The van der Waals surface area contributed by atoms with Gasteiger partial charge in [0, 0.05) is 5.57 Å². The van der Waals surface area contributed by atoms with E-state index >= 15 is 0 Å². The van der Waals surface area contributed by atoms with Crippen molar-refractivity contribution < 1.29 is 9.53 Å². The zero-order chi connectivity index (χ0) is 11.5. The van der Waals surface area contributed by atoms with E-state index in [9.17, 15) is 4.79 Å². The van der Waals surface area contributed by atoms with Gasteiger partial charge in [-0.3, -0.25) is 4.79 Å². The third kappa shape index (κ3) is 2.06. The van der Waals surface area contributed by atoms with E-state index in [1.54, 1.807) is 7.11 Å². The predicted octanol–water partition coefficient (Wildman–Crippen LogP) is 3.00. The molecule has 2 heteroatoms. The molecule has 0 amide bonds. The topological polar surface area (TPSA) is 26.3 Å². The summed E-state index contributed by atoms with van der Waals surface area (Å²) >= 11 is 0. The molecule has 0 heterocycles. The number of Topliss-reactive ketones (excluding diaryl/α,β-unsaturated/α-hetero) is 1. The molecular weight excluding hydrogens is 200 g/mol. The molecular formula is C14H14O2. The molecule has 0 radical (unpaired) electrons. The number of rotatable bonds is 2. The molecule has 1 aromatic carbocycles. The van der Waals surface area contributed by atoms with Gasteiger partial charge in [0.25, 0.3) is 0 Å². The molecule has 0 saturated heterocycles. The Hall–Kier alpha value is -1.83. The van der Waals surface area contributed by atoms with Gasteiger partial charge in [0.15, 0.2) is 5.78 Å². The maximum absolute atomic E-state index is 11.7. The maximum atomic E-state index is 11.7. The molecule has 1 aliphatic carbocycles. The minimum absolute atomic E-state index is 0.0998. The number of carbonyl (C=O) groups excluding carboxylic acids is 1. The van der Waals surface area contributed by atoms with Crippen LogP contribution in [0.2, 0.25) is 0 Å². The molecule has 0 aromatic heterocycles. The number of hydrogen-bond donors (Lipinski definition) is 0. The number of ether oxygens (including phenoxy) is 1. The quantitative estimate of drug-likeness (QED) is 0.707. The molecule has 1 aromatic rings. The molecule has 1 aliphatic rings. The van der Waals surface area contributed by atoms with E-state index in [2.05, 4.69) is 6.58 Å². The van der Waals surface area contributed by atoms with Crippen LogP contribution in [0.4, 0.5) is 0 Å². The van der Waals surface area contributed by atoms with Gasteiger partial charge in [-0.1, -0.05) is 18.7 Å². The number of methoxy groups -OCH3 is 1. The summed E-state index contributed by atoms with van der Waals surface area (Å²) in [5.41, 5.74) is 2.56. The van der Waals surface area contributed by atoms with E-state index in [1.165, 1.54) is 0 Å². The molecule has 0 N–H and O–H groups in total. The lowest BCUT2D eigenvalue weighted by Gasteiger charge is -2.01. The van der Waals surface area contributed by atoms with Crippen molar-refractivity contribution in [2.24, 2.45) is 0 Å². The highest BCUT2D eigenvalue weighted by Crippen LogP contribution is 2.27. The normalized spacial score (nSPS) is 18.2. The Morgan fingerprint density at radius 3 is 2.81 bits per heavy atom. The summed E-state index contributed by atoms with van der Waals surface area (Å²) in [4.78, 5) is 11.7. The largest absolute Gasteiger partial charge is 0.497 e. The Labute approximate surface area is 95.2 Å². The van der Waals surface area contributed by atoms with Crippen LogP contribution in [-0.4, -0.2) is 12.9 Å². The third-order valence-corrected chi connectivity index (χ3v) is 2.74. The van der Waals surface area contributed by atoms with Crippen LogP contribution >= 0.6 is 0 Å². The smallest absolute Gasteiger partial charge is 0.184 e. The fourth-order valence-electron chi connectivity index (χ4n) is 1.81. The molecule has 1 fully saturated rings. The summed E-state index contributed by atoms with van der Waals surface area (Å²) in [7, 11) is 1.63. The average Bonchev–Trinajstić information content (AvgIpc) is 2.61. The Bertz CT molecular complexity index is 469. The Morgan fingerprint density at radius 2 is 2.19 bits per heavy atom. The number of hydrogen-bond acceptors (Lipinski definition) is 2. The van der Waals surface area contributed by atoms with Crippen LogP contribution in [0.1, 0.15) is 18.4 Å². The van der Waals surface area contributed by atoms with Crippen LogP contribution in [0.3, 0.4) is 0 Å². The molecule has 1 saturated carbocycles. The molecule has 0 atom stereocenters. The molecule has 2 rings (SSSR count). The van der Waals surface area contributed by atoms with Gasteiger partial charge in [0.05, 0.1) is 7.11 Å². The van der Waals surface area contributed by atoms with Crippen LogP contribution in [0, 0.1) is 0 Å². The summed E-state index contributed by atoms with van der Waals surface area (Å²) in [5, 5.41) is 0. The first-order valence-electron chi connectivity index (χ1n) is 5.28. The fraction of sp³-hybridized carbons (Fsp3) is 0.214. The first-order valence-corrected chi connectivity index (χ1v) is 5.28. The lowest BCUT2D eigenvalue weighted by molar-refractivity contribution is -0.111. The van der Waals surface area contributed by atoms with Crippen molar-refractivity contribution in [3.8, 4) is 5.75 Å². The summed E-state index contributed by atoms with van der Waals surface area (Å²) in [6.45, 7) is 3.75. The number of ketones is 1. The molecule has 0 bridgehead atoms. The van der Waals surface area contributed by atoms with Gasteiger partial charge in [-0.25, -0.2) is 0 Å². The molecule has 0 aliphatic heterocycles. The van der Waals surface area contributed by atoms with Crippen molar-refractivity contribution in [3.05, 3.63) is 47.6 Å². The van der Waals surface area contributed by atoms with Gasteiger partial charge in [-0.05, 0) is 42.2 Å². The minimum atomic E-state index is 0.0998. The zero-order valence-corrected chi connectivity index (χ0v) is 9.32. The maximum Gasteiger partial charge on any atom is 0.184 e. The van der Waals surface area contributed by atoms with E-state index in [1.807, 2.05) is 30.3 Å². The SMILES string of the molecule is C=C1CC/C(=C\c2cccc(OC)c2)C1=O. The van der Waals surface area contributed by atoms with Crippen LogP contribution in [0.25, 0.3) is 6.08 Å². The summed E-state index contributed by atoms with van der Waals surface area (Å²) < 4.78 is 5.14. The molecule has 82 valence electrons. The highest BCUT2D eigenvalue weighted by atomic mass is 16.5. The van der Waals surface area contributed by atoms with Crippen molar-refractivity contribution in [1.82, 2.24) is 0 Å². The van der Waals surface area contributed by atoms with Crippen LogP contribution in [-0.2, 0) is 4.79 Å². The van der Waals surface area contributed by atoms with Gasteiger partial charge in [0.1, 0.15) is 5.75 Å². The minimum Gasteiger partial charge on any atom is -0.497 e. The van der Waals surface area contributed by atoms with Gasteiger partial charge < -0.3 is 4.74 Å². The highest BCUT2D eigenvalue weighted by molar-refractivity contribution is 6.12. The van der Waals surface area contributed by atoms with E-state index in [0.29, 0.717) is 5.57 Å². The number of allylic oxidation sites excluding steroid dienone is 2. The summed E-state index contributed by atoms with van der Waals surface area (Å²) in [6, 6.07) is 7.68. The number of carbonyl (C=O) groups is 1. The second-order valence-electron chi connectivity index (χ2n) is 3.88. The van der Waals surface area contributed by atoms with Crippen LogP contribution in [0.15, 0.2) is 42.0 Å². The van der Waals surface area contributed by atoms with Gasteiger partial charge in [0.2, 0.25) is 0 Å². The lowest BCUT2D eigenvalue weighted by atomic mass is 10.1. The van der Waals surface area contributed by atoms with E-state index in [0.717, 1.165) is 29.7 Å². The van der Waals surface area contributed by atoms with E-state index in [4.69, 9.17) is 4.74 Å². The first kappa shape index (κ1) is 10.7. The second kappa shape index (κ2) is 4.35. The Kier molecular flexibility index (Phi) is 2.91. The first-order chi connectivity index (χ1) is 7.70. The summed E-state index contributed by atoms with van der Waals surface area (Å²) in [5.74, 6) is 0.904. The van der Waals surface area contributed by atoms with Crippen molar-refractivity contribution in [1.29, 1.82) is 0 Å². The van der Waals surface area contributed by atoms with Crippen molar-refractivity contribution in [3.63, 3.8) is 0 Å². The number of benzene rings is 1. The van der Waals surface area contributed by atoms with Crippen LogP contribution in [0.5, 0.6) is 5.75 Å². The van der Waals surface area contributed by atoms with E-state index < -0.39 is 0 Å². The van der Waals surface area contributed by atoms with E-state index in [-0.39, 0.29) is 5.78 Å². The average molecular weight is 214 g/mol.